The molecule has 0 radical (unpaired) electrons. The van der Waals surface area contributed by atoms with Crippen LogP contribution in [0.3, 0.4) is 0 Å². The largest absolute Gasteiger partial charge is 0.356 e. The highest BCUT2D eigenvalue weighted by Crippen LogP contribution is 2.36. The predicted octanol–water partition coefficient (Wildman–Crippen LogP) is 3.88. The van der Waals surface area contributed by atoms with E-state index in [0.29, 0.717) is 5.69 Å². The highest BCUT2D eigenvalue weighted by molar-refractivity contribution is 9.10. The third-order valence-electron chi connectivity index (χ3n) is 3.21. The molecule has 1 aromatic heterocycles. The lowest BCUT2D eigenvalue weighted by Gasteiger charge is -2.25. The van der Waals surface area contributed by atoms with Crippen molar-refractivity contribution < 1.29 is 9.18 Å². The van der Waals surface area contributed by atoms with Crippen molar-refractivity contribution >= 4 is 33.6 Å². The van der Waals surface area contributed by atoms with Gasteiger partial charge in [0, 0.05) is 21.3 Å². The Balaban J connectivity index is 1.82. The SMILES string of the molecule is O=C(NC1CCSc2ccc(F)cc21)c1cc(Br)c[nH]1. The summed E-state index contributed by atoms with van der Waals surface area (Å²) in [6, 6.07) is 6.32. The van der Waals surface area contributed by atoms with Crippen LogP contribution in [0.1, 0.15) is 28.5 Å². The Morgan fingerprint density at radius 1 is 1.45 bits per heavy atom. The van der Waals surface area contributed by atoms with Crippen LogP contribution in [0.15, 0.2) is 39.8 Å². The molecule has 0 aliphatic carbocycles. The average Bonchev–Trinajstić information content (AvgIpc) is 2.86. The Labute approximate surface area is 128 Å². The van der Waals surface area contributed by atoms with Gasteiger partial charge in [-0.25, -0.2) is 4.39 Å². The fourth-order valence-corrected chi connectivity index (χ4v) is 3.70. The number of benzene rings is 1. The summed E-state index contributed by atoms with van der Waals surface area (Å²) in [6.45, 7) is 0. The summed E-state index contributed by atoms with van der Waals surface area (Å²) in [6.07, 6.45) is 2.51. The molecule has 1 aromatic carbocycles. The topological polar surface area (TPSA) is 44.9 Å². The minimum absolute atomic E-state index is 0.142. The van der Waals surface area contributed by atoms with Gasteiger partial charge in [0.1, 0.15) is 11.5 Å². The summed E-state index contributed by atoms with van der Waals surface area (Å²) in [5, 5.41) is 2.96. The molecule has 2 N–H and O–H groups in total. The molecule has 1 aliphatic heterocycles. The first-order valence-corrected chi connectivity index (χ1v) is 7.98. The normalized spacial score (nSPS) is 17.6. The molecule has 0 spiro atoms. The number of halogens is 2. The molecule has 0 fully saturated rings. The van der Waals surface area contributed by atoms with E-state index in [1.165, 1.54) is 12.1 Å². The number of amides is 1. The smallest absolute Gasteiger partial charge is 0.268 e. The van der Waals surface area contributed by atoms with Crippen molar-refractivity contribution in [3.63, 3.8) is 0 Å². The first-order valence-electron chi connectivity index (χ1n) is 6.20. The molecule has 20 heavy (non-hydrogen) atoms. The number of rotatable bonds is 2. The van der Waals surface area contributed by atoms with Crippen LogP contribution < -0.4 is 5.32 Å². The summed E-state index contributed by atoms with van der Waals surface area (Å²) >= 11 is 4.99. The predicted molar refractivity (Wildman–Crippen MR) is 80.4 cm³/mol. The lowest BCUT2D eigenvalue weighted by molar-refractivity contribution is 0.0930. The van der Waals surface area contributed by atoms with Crippen molar-refractivity contribution in [1.29, 1.82) is 0 Å². The second kappa shape index (κ2) is 5.61. The van der Waals surface area contributed by atoms with E-state index in [1.807, 2.05) is 0 Å². The molecule has 6 heteroatoms. The van der Waals surface area contributed by atoms with E-state index in [-0.39, 0.29) is 17.8 Å². The van der Waals surface area contributed by atoms with Crippen molar-refractivity contribution in [2.75, 3.05) is 5.75 Å². The molecule has 1 atom stereocenters. The maximum atomic E-state index is 13.4. The highest BCUT2D eigenvalue weighted by atomic mass is 79.9. The Bertz CT molecular complexity index is 658. The Morgan fingerprint density at radius 3 is 3.05 bits per heavy atom. The Hall–Kier alpha value is -1.27. The molecule has 1 amide bonds. The molecule has 2 aromatic rings. The molecular weight excluding hydrogens is 343 g/mol. The summed E-state index contributed by atoms with van der Waals surface area (Å²) < 4.78 is 14.2. The highest BCUT2D eigenvalue weighted by Gasteiger charge is 2.23. The maximum Gasteiger partial charge on any atom is 0.268 e. The number of aromatic amines is 1. The monoisotopic (exact) mass is 354 g/mol. The van der Waals surface area contributed by atoms with Gasteiger partial charge in [0.2, 0.25) is 0 Å². The third-order valence-corrected chi connectivity index (χ3v) is 4.79. The summed E-state index contributed by atoms with van der Waals surface area (Å²) in [5.74, 6) is 0.466. The van der Waals surface area contributed by atoms with Gasteiger partial charge in [-0.15, -0.1) is 11.8 Å². The van der Waals surface area contributed by atoms with E-state index < -0.39 is 0 Å². The quantitative estimate of drug-likeness (QED) is 0.859. The van der Waals surface area contributed by atoms with Crippen molar-refractivity contribution in [2.24, 2.45) is 0 Å². The van der Waals surface area contributed by atoms with Crippen molar-refractivity contribution in [1.82, 2.24) is 10.3 Å². The van der Waals surface area contributed by atoms with Crippen LogP contribution in [-0.2, 0) is 0 Å². The van der Waals surface area contributed by atoms with E-state index in [2.05, 4.69) is 26.2 Å². The average molecular weight is 355 g/mol. The number of hydrogen-bond donors (Lipinski definition) is 2. The number of nitrogens with one attached hydrogen (secondary N) is 2. The second-order valence-corrected chi connectivity index (χ2v) is 6.63. The molecule has 2 heterocycles. The number of hydrogen-bond acceptors (Lipinski definition) is 2. The van der Waals surface area contributed by atoms with Crippen LogP contribution in [0.5, 0.6) is 0 Å². The van der Waals surface area contributed by atoms with Gasteiger partial charge < -0.3 is 10.3 Å². The molecule has 3 nitrogen and oxygen atoms in total. The van der Waals surface area contributed by atoms with E-state index in [1.54, 1.807) is 30.1 Å². The van der Waals surface area contributed by atoms with Gasteiger partial charge in [0.25, 0.3) is 5.91 Å². The molecule has 0 saturated carbocycles. The van der Waals surface area contributed by atoms with Crippen LogP contribution in [-0.4, -0.2) is 16.6 Å². The molecule has 0 bridgehead atoms. The number of carbonyl (C=O) groups excluding carboxylic acids is 1. The zero-order valence-electron chi connectivity index (χ0n) is 10.5. The molecule has 1 unspecified atom stereocenters. The molecular formula is C14H12BrFN2OS. The summed E-state index contributed by atoms with van der Waals surface area (Å²) in [4.78, 5) is 16.1. The molecule has 1 aliphatic rings. The third kappa shape index (κ3) is 2.76. The van der Waals surface area contributed by atoms with Crippen LogP contribution in [0.4, 0.5) is 4.39 Å². The lowest BCUT2D eigenvalue weighted by atomic mass is 10.0. The number of fused-ring (bicyclic) bond motifs is 1. The fourth-order valence-electron chi connectivity index (χ4n) is 2.25. The van der Waals surface area contributed by atoms with Gasteiger partial charge in [0.05, 0.1) is 6.04 Å². The Kier molecular flexibility index (Phi) is 3.85. The fraction of sp³-hybridized carbons (Fsp3) is 0.214. The zero-order valence-corrected chi connectivity index (χ0v) is 12.9. The van der Waals surface area contributed by atoms with Gasteiger partial charge in [-0.05, 0) is 52.2 Å². The second-order valence-electron chi connectivity index (χ2n) is 4.58. The maximum absolute atomic E-state index is 13.4. The van der Waals surface area contributed by atoms with Gasteiger partial charge in [-0.2, -0.15) is 0 Å². The standard InChI is InChI=1S/C14H12BrFN2OS/c15-8-5-12(17-7-8)14(19)18-11-3-4-20-13-2-1-9(16)6-10(11)13/h1-2,5-7,11,17H,3-4H2,(H,18,19). The van der Waals surface area contributed by atoms with Crippen LogP contribution >= 0.6 is 27.7 Å². The first kappa shape index (κ1) is 13.7. The number of aromatic nitrogens is 1. The van der Waals surface area contributed by atoms with E-state index >= 15 is 0 Å². The van der Waals surface area contributed by atoms with Crippen molar-refractivity contribution in [3.8, 4) is 0 Å². The number of H-pyrrole nitrogens is 1. The molecule has 104 valence electrons. The van der Waals surface area contributed by atoms with E-state index in [9.17, 15) is 9.18 Å². The van der Waals surface area contributed by atoms with Crippen molar-refractivity contribution in [2.45, 2.75) is 17.4 Å². The number of carbonyl (C=O) groups is 1. The van der Waals surface area contributed by atoms with Crippen molar-refractivity contribution in [3.05, 3.63) is 52.0 Å². The Morgan fingerprint density at radius 2 is 2.30 bits per heavy atom. The van der Waals surface area contributed by atoms with Gasteiger partial charge in [-0.3, -0.25) is 4.79 Å². The van der Waals surface area contributed by atoms with Crippen LogP contribution in [0, 0.1) is 5.82 Å². The first-order chi connectivity index (χ1) is 9.63. The van der Waals surface area contributed by atoms with E-state index in [0.717, 1.165) is 27.1 Å². The minimum Gasteiger partial charge on any atom is -0.356 e. The van der Waals surface area contributed by atoms with Crippen LogP contribution in [0.25, 0.3) is 0 Å². The van der Waals surface area contributed by atoms with Gasteiger partial charge >= 0.3 is 0 Å². The summed E-state index contributed by atoms with van der Waals surface area (Å²) in [7, 11) is 0. The molecule has 0 saturated heterocycles. The van der Waals surface area contributed by atoms with Crippen LogP contribution in [0.2, 0.25) is 0 Å². The number of thioether (sulfide) groups is 1. The molecule has 3 rings (SSSR count). The van der Waals surface area contributed by atoms with Gasteiger partial charge in [-0.1, -0.05) is 0 Å². The van der Waals surface area contributed by atoms with Gasteiger partial charge in [0.15, 0.2) is 0 Å². The minimum atomic E-state index is -0.270. The lowest BCUT2D eigenvalue weighted by Crippen LogP contribution is -2.30. The summed E-state index contributed by atoms with van der Waals surface area (Å²) in [5.41, 5.74) is 1.35. The zero-order chi connectivity index (χ0) is 14.1. The van der Waals surface area contributed by atoms with E-state index in [4.69, 9.17) is 0 Å².